The van der Waals surface area contributed by atoms with Crippen molar-refractivity contribution in [2.75, 3.05) is 5.75 Å². The first-order valence-electron chi connectivity index (χ1n) is 5.79. The van der Waals surface area contributed by atoms with Crippen LogP contribution in [0.3, 0.4) is 0 Å². The maximum absolute atomic E-state index is 12.2. The molecule has 5 heteroatoms. The quantitative estimate of drug-likeness (QED) is 0.846. The van der Waals surface area contributed by atoms with Gasteiger partial charge in [-0.2, -0.15) is 12.6 Å². The fourth-order valence-corrected chi connectivity index (χ4v) is 3.03. The van der Waals surface area contributed by atoms with Gasteiger partial charge in [0.25, 0.3) is 5.56 Å². The largest absolute Gasteiger partial charge is 0.298 e. The second-order valence-corrected chi connectivity index (χ2v) is 5.46. The van der Waals surface area contributed by atoms with Gasteiger partial charge in [-0.15, -0.1) is 11.3 Å². The Morgan fingerprint density at radius 3 is 3.12 bits per heavy atom. The summed E-state index contributed by atoms with van der Waals surface area (Å²) in [5.74, 6) is 1.25. The van der Waals surface area contributed by atoms with Crippen LogP contribution in [0.1, 0.15) is 19.8 Å². The molecule has 0 aliphatic rings. The van der Waals surface area contributed by atoms with Crippen molar-refractivity contribution in [2.45, 2.75) is 26.3 Å². The lowest BCUT2D eigenvalue weighted by Gasteiger charge is -2.14. The number of nitrogens with zero attached hydrogens (tertiary/aromatic N) is 2. The van der Waals surface area contributed by atoms with E-state index in [1.807, 2.05) is 11.4 Å². The van der Waals surface area contributed by atoms with Crippen molar-refractivity contribution >= 4 is 34.2 Å². The molecular formula is C12H16N2OS2. The molecule has 0 aliphatic carbocycles. The van der Waals surface area contributed by atoms with E-state index in [1.54, 1.807) is 10.9 Å². The second-order valence-electron chi connectivity index (χ2n) is 4.17. The number of rotatable bonds is 5. The van der Waals surface area contributed by atoms with Gasteiger partial charge in [0.2, 0.25) is 0 Å². The maximum Gasteiger partial charge on any atom is 0.271 e. The summed E-state index contributed by atoms with van der Waals surface area (Å²) in [5.41, 5.74) is 0.877. The van der Waals surface area contributed by atoms with Crippen molar-refractivity contribution in [2.24, 2.45) is 5.92 Å². The standard InChI is InChI=1S/C12H16N2OS2/c1-2-3-9(7-16)6-14-8-13-10-4-5-17-11(10)12(14)15/h4-5,8-9,16H,2-3,6-7H2,1H3. The summed E-state index contributed by atoms with van der Waals surface area (Å²) >= 11 is 5.80. The van der Waals surface area contributed by atoms with Crippen LogP contribution in [0, 0.1) is 5.92 Å². The molecule has 2 rings (SSSR count). The molecule has 17 heavy (non-hydrogen) atoms. The van der Waals surface area contributed by atoms with Crippen molar-refractivity contribution in [3.63, 3.8) is 0 Å². The summed E-state index contributed by atoms with van der Waals surface area (Å²) in [4.78, 5) is 16.5. The lowest BCUT2D eigenvalue weighted by atomic mass is 10.1. The van der Waals surface area contributed by atoms with Gasteiger partial charge in [-0.05, 0) is 29.5 Å². The fourth-order valence-electron chi connectivity index (χ4n) is 1.94. The molecule has 0 N–H and O–H groups in total. The SMILES string of the molecule is CCCC(CS)Cn1cnc2ccsc2c1=O. The molecule has 0 aliphatic heterocycles. The first kappa shape index (κ1) is 12.6. The van der Waals surface area contributed by atoms with E-state index in [9.17, 15) is 4.79 Å². The number of aromatic nitrogens is 2. The highest BCUT2D eigenvalue weighted by Gasteiger charge is 2.10. The van der Waals surface area contributed by atoms with Gasteiger partial charge in [0.15, 0.2) is 0 Å². The van der Waals surface area contributed by atoms with Gasteiger partial charge in [0.05, 0.1) is 11.8 Å². The van der Waals surface area contributed by atoms with Crippen LogP contribution in [-0.4, -0.2) is 15.3 Å². The molecule has 2 aromatic heterocycles. The Balaban J connectivity index is 2.29. The third-order valence-electron chi connectivity index (χ3n) is 2.85. The van der Waals surface area contributed by atoms with E-state index in [2.05, 4.69) is 24.5 Å². The molecule has 0 fully saturated rings. The number of hydrogen-bond acceptors (Lipinski definition) is 4. The van der Waals surface area contributed by atoms with Gasteiger partial charge in [0, 0.05) is 6.54 Å². The molecular weight excluding hydrogens is 252 g/mol. The predicted octanol–water partition coefficient (Wildman–Crippen LogP) is 2.80. The van der Waals surface area contributed by atoms with Crippen molar-refractivity contribution < 1.29 is 0 Å². The zero-order chi connectivity index (χ0) is 12.3. The third kappa shape index (κ3) is 2.72. The van der Waals surface area contributed by atoms with Crippen LogP contribution in [0.4, 0.5) is 0 Å². The number of hydrogen-bond donors (Lipinski definition) is 1. The van der Waals surface area contributed by atoms with Crippen molar-refractivity contribution in [1.82, 2.24) is 9.55 Å². The zero-order valence-electron chi connectivity index (χ0n) is 9.80. The highest BCUT2D eigenvalue weighted by molar-refractivity contribution is 7.80. The van der Waals surface area contributed by atoms with Gasteiger partial charge in [-0.1, -0.05) is 13.3 Å². The Morgan fingerprint density at radius 1 is 1.59 bits per heavy atom. The minimum atomic E-state index is 0.0767. The van der Waals surface area contributed by atoms with Crippen molar-refractivity contribution in [1.29, 1.82) is 0 Å². The third-order valence-corrected chi connectivity index (χ3v) is 4.25. The van der Waals surface area contributed by atoms with E-state index in [0.29, 0.717) is 5.92 Å². The molecule has 2 heterocycles. The Hall–Kier alpha value is -0.810. The van der Waals surface area contributed by atoms with Crippen molar-refractivity contribution in [3.8, 4) is 0 Å². The van der Waals surface area contributed by atoms with E-state index in [1.165, 1.54) is 11.3 Å². The molecule has 0 spiro atoms. The monoisotopic (exact) mass is 268 g/mol. The summed E-state index contributed by atoms with van der Waals surface area (Å²) < 4.78 is 2.47. The van der Waals surface area contributed by atoms with Gasteiger partial charge in [-0.3, -0.25) is 9.36 Å². The van der Waals surface area contributed by atoms with E-state index in [-0.39, 0.29) is 5.56 Å². The number of thiol groups is 1. The minimum absolute atomic E-state index is 0.0767. The second kappa shape index (κ2) is 5.69. The molecule has 0 saturated carbocycles. The van der Waals surface area contributed by atoms with E-state index in [0.717, 1.165) is 35.4 Å². The Kier molecular flexibility index (Phi) is 4.23. The number of fused-ring (bicyclic) bond motifs is 1. The fraction of sp³-hybridized carbons (Fsp3) is 0.500. The average molecular weight is 268 g/mol. The summed E-state index contributed by atoms with van der Waals surface area (Å²) in [7, 11) is 0. The van der Waals surface area contributed by atoms with Crippen LogP contribution in [0.25, 0.3) is 10.2 Å². The molecule has 0 aromatic carbocycles. The first-order valence-corrected chi connectivity index (χ1v) is 7.31. The molecule has 92 valence electrons. The summed E-state index contributed by atoms with van der Waals surface area (Å²) in [6.07, 6.45) is 3.87. The van der Waals surface area contributed by atoms with Gasteiger partial charge in [-0.25, -0.2) is 4.98 Å². The van der Waals surface area contributed by atoms with Crippen LogP contribution in [0.15, 0.2) is 22.6 Å². The smallest absolute Gasteiger partial charge is 0.271 e. The Bertz CT molecular complexity index is 547. The predicted molar refractivity (Wildman–Crippen MR) is 76.1 cm³/mol. The number of thiophene rings is 1. The lowest BCUT2D eigenvalue weighted by Crippen LogP contribution is -2.24. The van der Waals surface area contributed by atoms with Crippen LogP contribution >= 0.6 is 24.0 Å². The van der Waals surface area contributed by atoms with Gasteiger partial charge >= 0.3 is 0 Å². The highest BCUT2D eigenvalue weighted by Crippen LogP contribution is 2.15. The van der Waals surface area contributed by atoms with E-state index < -0.39 is 0 Å². The highest BCUT2D eigenvalue weighted by atomic mass is 32.1. The average Bonchev–Trinajstić information content (AvgIpc) is 2.80. The Labute approximate surface area is 110 Å². The van der Waals surface area contributed by atoms with Gasteiger partial charge in [0.1, 0.15) is 4.70 Å². The molecule has 1 unspecified atom stereocenters. The first-order chi connectivity index (χ1) is 8.26. The maximum atomic E-state index is 12.2. The molecule has 0 bridgehead atoms. The lowest BCUT2D eigenvalue weighted by molar-refractivity contribution is 0.444. The molecule has 3 nitrogen and oxygen atoms in total. The normalized spacial score (nSPS) is 13.1. The minimum Gasteiger partial charge on any atom is -0.298 e. The molecule has 0 radical (unpaired) electrons. The molecule has 0 saturated heterocycles. The van der Waals surface area contributed by atoms with Gasteiger partial charge < -0.3 is 0 Å². The molecule has 2 aromatic rings. The summed E-state index contributed by atoms with van der Waals surface area (Å²) in [6.45, 7) is 2.87. The van der Waals surface area contributed by atoms with Crippen LogP contribution in [-0.2, 0) is 6.54 Å². The molecule has 1 atom stereocenters. The Morgan fingerprint density at radius 2 is 2.41 bits per heavy atom. The van der Waals surface area contributed by atoms with E-state index in [4.69, 9.17) is 0 Å². The van der Waals surface area contributed by atoms with Crippen molar-refractivity contribution in [3.05, 3.63) is 28.1 Å². The van der Waals surface area contributed by atoms with E-state index >= 15 is 0 Å². The topological polar surface area (TPSA) is 34.9 Å². The summed E-state index contributed by atoms with van der Waals surface area (Å²) in [5, 5.41) is 1.91. The van der Waals surface area contributed by atoms with Crippen LogP contribution in [0.2, 0.25) is 0 Å². The van der Waals surface area contributed by atoms with Crippen LogP contribution in [0.5, 0.6) is 0 Å². The zero-order valence-corrected chi connectivity index (χ0v) is 11.5. The van der Waals surface area contributed by atoms with Crippen LogP contribution < -0.4 is 5.56 Å². The molecule has 0 amide bonds. The summed E-state index contributed by atoms with van der Waals surface area (Å²) in [6, 6.07) is 1.88.